The summed E-state index contributed by atoms with van der Waals surface area (Å²) in [6.07, 6.45) is 1.89. The largest absolute Gasteiger partial charge is 0.270 e. The molecule has 116 valence electrons. The standard InChI is InChI=1S/C19H12BrN3O/c20-15-6-4-5-13(11-15)19-18-14(9-10-17(24)21-18)12-23(22-19)16-7-2-1-3-8-16/h1-12H. The van der Waals surface area contributed by atoms with Crippen LogP contribution in [0, 0.1) is 0 Å². The van der Waals surface area contributed by atoms with Crippen molar-refractivity contribution in [1.29, 1.82) is 0 Å². The number of fused-ring (bicyclic) bond motifs is 1. The number of hydrogen-bond donors (Lipinski definition) is 0. The van der Waals surface area contributed by atoms with Crippen LogP contribution >= 0.6 is 15.9 Å². The van der Waals surface area contributed by atoms with E-state index >= 15 is 0 Å². The fourth-order valence-electron chi connectivity index (χ4n) is 2.60. The molecule has 0 fully saturated rings. The maximum atomic E-state index is 11.7. The second kappa shape index (κ2) is 6.02. The first-order valence-corrected chi connectivity index (χ1v) is 8.22. The first-order valence-electron chi connectivity index (χ1n) is 7.43. The van der Waals surface area contributed by atoms with Crippen molar-refractivity contribution in [3.8, 4) is 28.2 Å². The number of aromatic nitrogens is 3. The summed E-state index contributed by atoms with van der Waals surface area (Å²) < 4.78 is 2.76. The highest BCUT2D eigenvalue weighted by molar-refractivity contribution is 9.10. The number of halogens is 1. The number of nitrogens with zero attached hydrogens (tertiary/aromatic N) is 3. The van der Waals surface area contributed by atoms with Crippen LogP contribution in [0.2, 0.25) is 0 Å². The van der Waals surface area contributed by atoms with Crippen molar-refractivity contribution in [2.45, 2.75) is 0 Å². The van der Waals surface area contributed by atoms with Crippen molar-refractivity contribution >= 4 is 15.9 Å². The van der Waals surface area contributed by atoms with Gasteiger partial charge in [-0.1, -0.05) is 46.3 Å². The molecule has 0 atom stereocenters. The molecule has 2 aliphatic heterocycles. The van der Waals surface area contributed by atoms with Gasteiger partial charge < -0.3 is 0 Å². The van der Waals surface area contributed by atoms with Gasteiger partial charge in [0.25, 0.3) is 5.56 Å². The lowest BCUT2D eigenvalue weighted by Crippen LogP contribution is -2.11. The predicted octanol–water partition coefficient (Wildman–Crippen LogP) is 4.16. The van der Waals surface area contributed by atoms with E-state index in [4.69, 9.17) is 5.10 Å². The molecule has 0 N–H and O–H groups in total. The quantitative estimate of drug-likeness (QED) is 0.526. The number of pyridine rings is 1. The number of hydrogen-bond acceptors (Lipinski definition) is 3. The molecule has 4 nitrogen and oxygen atoms in total. The highest BCUT2D eigenvalue weighted by atomic mass is 79.9. The van der Waals surface area contributed by atoms with E-state index in [0.717, 1.165) is 21.3 Å². The lowest BCUT2D eigenvalue weighted by atomic mass is 10.1. The summed E-state index contributed by atoms with van der Waals surface area (Å²) in [6, 6.07) is 20.9. The Labute approximate surface area is 146 Å². The van der Waals surface area contributed by atoms with Gasteiger partial charge in [0.05, 0.1) is 5.69 Å². The van der Waals surface area contributed by atoms with Crippen LogP contribution in [0.1, 0.15) is 0 Å². The molecule has 2 heterocycles. The van der Waals surface area contributed by atoms with E-state index in [1.807, 2.05) is 65.5 Å². The first kappa shape index (κ1) is 14.8. The zero-order chi connectivity index (χ0) is 16.5. The topological polar surface area (TPSA) is 47.8 Å². The molecule has 0 amide bonds. The Bertz CT molecular complexity index is 1040. The van der Waals surface area contributed by atoms with Crippen LogP contribution in [-0.2, 0) is 0 Å². The Kier molecular flexibility index (Phi) is 3.70. The molecule has 4 rings (SSSR count). The van der Waals surface area contributed by atoms with Gasteiger partial charge in [0.15, 0.2) is 0 Å². The minimum absolute atomic E-state index is 0.266. The smallest absolute Gasteiger partial charge is 0.267 e. The zero-order valence-electron chi connectivity index (χ0n) is 12.6. The number of para-hydroxylation sites is 1. The Balaban J connectivity index is 2.03. The molecule has 2 aliphatic rings. The minimum Gasteiger partial charge on any atom is -0.267 e. The molecular formula is C19H12BrN3O. The molecule has 0 aliphatic carbocycles. The Morgan fingerprint density at radius 3 is 2.46 bits per heavy atom. The minimum atomic E-state index is -0.266. The second-order valence-corrected chi connectivity index (χ2v) is 6.27. The van der Waals surface area contributed by atoms with Crippen molar-refractivity contribution in [2.75, 3.05) is 0 Å². The summed E-state index contributed by atoms with van der Waals surface area (Å²) >= 11 is 3.48. The Morgan fingerprint density at radius 2 is 1.67 bits per heavy atom. The van der Waals surface area contributed by atoms with Gasteiger partial charge in [0, 0.05) is 27.9 Å². The van der Waals surface area contributed by atoms with Gasteiger partial charge >= 0.3 is 0 Å². The maximum absolute atomic E-state index is 11.7. The van der Waals surface area contributed by atoms with Gasteiger partial charge in [-0.05, 0) is 30.3 Å². The van der Waals surface area contributed by atoms with Gasteiger partial charge in [0.2, 0.25) is 0 Å². The molecule has 0 radical (unpaired) electrons. The van der Waals surface area contributed by atoms with Gasteiger partial charge in [-0.15, -0.1) is 0 Å². The van der Waals surface area contributed by atoms with Crippen LogP contribution in [0.25, 0.3) is 28.2 Å². The van der Waals surface area contributed by atoms with Crippen LogP contribution in [0.4, 0.5) is 0 Å². The lowest BCUT2D eigenvalue weighted by Gasteiger charge is -2.14. The normalized spacial score (nSPS) is 10.9. The van der Waals surface area contributed by atoms with E-state index < -0.39 is 0 Å². The van der Waals surface area contributed by atoms with Crippen molar-refractivity contribution in [3.05, 3.63) is 87.8 Å². The van der Waals surface area contributed by atoms with Crippen molar-refractivity contribution in [3.63, 3.8) is 0 Å². The van der Waals surface area contributed by atoms with Crippen LogP contribution in [-0.4, -0.2) is 14.8 Å². The monoisotopic (exact) mass is 377 g/mol. The average molecular weight is 378 g/mol. The predicted molar refractivity (Wildman–Crippen MR) is 97.4 cm³/mol. The highest BCUT2D eigenvalue weighted by Gasteiger charge is 2.16. The summed E-state index contributed by atoms with van der Waals surface area (Å²) in [6.45, 7) is 0. The van der Waals surface area contributed by atoms with Gasteiger partial charge in [-0.25, -0.2) is 9.67 Å². The van der Waals surface area contributed by atoms with Crippen molar-refractivity contribution in [2.24, 2.45) is 0 Å². The third-order valence-corrected chi connectivity index (χ3v) is 4.21. The van der Waals surface area contributed by atoms with E-state index in [0.29, 0.717) is 11.4 Å². The highest BCUT2D eigenvalue weighted by Crippen LogP contribution is 2.30. The fraction of sp³-hybridized carbons (Fsp3) is 0. The third kappa shape index (κ3) is 2.74. The van der Waals surface area contributed by atoms with Crippen LogP contribution in [0.15, 0.2) is 82.2 Å². The molecule has 24 heavy (non-hydrogen) atoms. The number of benzene rings is 2. The average Bonchev–Trinajstić information content (AvgIpc) is 2.61. The number of rotatable bonds is 2. The summed E-state index contributed by atoms with van der Waals surface area (Å²) in [5.74, 6) is 0. The molecule has 0 saturated carbocycles. The van der Waals surface area contributed by atoms with E-state index in [1.54, 1.807) is 6.07 Å². The van der Waals surface area contributed by atoms with E-state index in [-0.39, 0.29) is 5.56 Å². The van der Waals surface area contributed by atoms with Crippen LogP contribution in [0.3, 0.4) is 0 Å². The zero-order valence-corrected chi connectivity index (χ0v) is 14.1. The summed E-state index contributed by atoms with van der Waals surface area (Å²) in [5, 5.41) is 4.72. The Morgan fingerprint density at radius 1 is 0.833 bits per heavy atom. The van der Waals surface area contributed by atoms with Gasteiger partial charge in [-0.2, -0.15) is 5.10 Å². The molecule has 0 spiro atoms. The fourth-order valence-corrected chi connectivity index (χ4v) is 3.00. The van der Waals surface area contributed by atoms with Crippen molar-refractivity contribution < 1.29 is 0 Å². The van der Waals surface area contributed by atoms with Crippen LogP contribution in [0.5, 0.6) is 0 Å². The van der Waals surface area contributed by atoms with E-state index in [9.17, 15) is 4.79 Å². The third-order valence-electron chi connectivity index (χ3n) is 3.71. The van der Waals surface area contributed by atoms with E-state index in [1.165, 1.54) is 6.07 Å². The molecule has 0 bridgehead atoms. The maximum Gasteiger partial charge on any atom is 0.270 e. The van der Waals surface area contributed by atoms with E-state index in [2.05, 4.69) is 20.9 Å². The Hall–Kier alpha value is -2.79. The molecule has 0 unspecified atom stereocenters. The SMILES string of the molecule is O=c1ccc2cn(-c3ccccc3)nc(-c3cccc(Br)c3)c-2n1. The molecule has 5 heteroatoms. The molecular weight excluding hydrogens is 366 g/mol. The van der Waals surface area contributed by atoms with Crippen molar-refractivity contribution in [1.82, 2.24) is 14.8 Å². The summed E-state index contributed by atoms with van der Waals surface area (Å²) in [5.41, 5.74) is 3.73. The summed E-state index contributed by atoms with van der Waals surface area (Å²) in [4.78, 5) is 15.9. The molecule has 0 saturated heterocycles. The molecule has 0 aromatic heterocycles. The second-order valence-electron chi connectivity index (χ2n) is 5.36. The lowest BCUT2D eigenvalue weighted by molar-refractivity contribution is 0.844. The molecule has 2 aromatic carbocycles. The molecule has 2 aromatic rings. The first-order chi connectivity index (χ1) is 11.7. The van der Waals surface area contributed by atoms with Gasteiger partial charge in [-0.3, -0.25) is 4.79 Å². The van der Waals surface area contributed by atoms with Gasteiger partial charge in [0.1, 0.15) is 11.4 Å². The van der Waals surface area contributed by atoms with Crippen LogP contribution < -0.4 is 5.56 Å². The summed E-state index contributed by atoms with van der Waals surface area (Å²) in [7, 11) is 0.